The van der Waals surface area contributed by atoms with Gasteiger partial charge in [-0.1, -0.05) is 30.3 Å². The van der Waals surface area contributed by atoms with Crippen molar-refractivity contribution in [3.63, 3.8) is 0 Å². The highest BCUT2D eigenvalue weighted by atomic mass is 16.5. The van der Waals surface area contributed by atoms with Crippen molar-refractivity contribution < 1.29 is 14.3 Å². The van der Waals surface area contributed by atoms with Crippen LogP contribution in [0.15, 0.2) is 48.8 Å². The summed E-state index contributed by atoms with van der Waals surface area (Å²) in [5.74, 6) is -0.352. The lowest BCUT2D eigenvalue weighted by molar-refractivity contribution is -0.149. The van der Waals surface area contributed by atoms with Gasteiger partial charge in [0.05, 0.1) is 6.61 Å². The fourth-order valence-electron chi connectivity index (χ4n) is 3.43. The number of nitrogens with zero attached hydrogens (tertiary/aromatic N) is 2. The largest absolute Gasteiger partial charge is 0.464 e. The first-order valence-corrected chi connectivity index (χ1v) is 10.0. The van der Waals surface area contributed by atoms with Crippen LogP contribution < -0.4 is 5.32 Å². The van der Waals surface area contributed by atoms with Gasteiger partial charge in [-0.05, 0) is 56.4 Å². The van der Waals surface area contributed by atoms with E-state index in [9.17, 15) is 9.59 Å². The Morgan fingerprint density at radius 2 is 1.93 bits per heavy atom. The normalized spacial score (nSPS) is 16.1. The van der Waals surface area contributed by atoms with Crippen LogP contribution in [0.4, 0.5) is 4.79 Å². The number of esters is 1. The summed E-state index contributed by atoms with van der Waals surface area (Å²) < 4.78 is 5.55. The van der Waals surface area contributed by atoms with Crippen LogP contribution in [0.3, 0.4) is 0 Å². The quantitative estimate of drug-likeness (QED) is 0.621. The Morgan fingerprint density at radius 1 is 1.17 bits per heavy atom. The summed E-state index contributed by atoms with van der Waals surface area (Å²) in [6.45, 7) is 6.49. The first-order valence-electron chi connectivity index (χ1n) is 10.0. The second-order valence-corrected chi connectivity index (χ2v) is 8.43. The van der Waals surface area contributed by atoms with Crippen LogP contribution >= 0.6 is 0 Å². The molecule has 2 amide bonds. The maximum absolute atomic E-state index is 12.9. The van der Waals surface area contributed by atoms with Gasteiger partial charge < -0.3 is 15.0 Å². The van der Waals surface area contributed by atoms with E-state index >= 15 is 0 Å². The summed E-state index contributed by atoms with van der Waals surface area (Å²) in [7, 11) is 0. The first kappa shape index (κ1) is 20.8. The number of hydrogen-bond acceptors (Lipinski definition) is 4. The van der Waals surface area contributed by atoms with Gasteiger partial charge in [0.15, 0.2) is 0 Å². The molecule has 0 saturated heterocycles. The number of aromatic nitrogens is 1. The molecule has 0 radical (unpaired) electrons. The highest BCUT2D eigenvalue weighted by Crippen LogP contribution is 2.24. The zero-order valence-electron chi connectivity index (χ0n) is 17.4. The average Bonchev–Trinajstić information content (AvgIpc) is 2.69. The molecule has 0 saturated carbocycles. The molecule has 1 aromatic carbocycles. The Kier molecular flexibility index (Phi) is 6.52. The van der Waals surface area contributed by atoms with Crippen molar-refractivity contribution in [1.82, 2.24) is 15.2 Å². The maximum Gasteiger partial charge on any atom is 0.329 e. The Hall–Kier alpha value is -2.89. The third-order valence-electron chi connectivity index (χ3n) is 4.84. The lowest BCUT2D eigenvalue weighted by atomic mass is 9.94. The molecule has 154 valence electrons. The number of amides is 2. The van der Waals surface area contributed by atoms with E-state index in [-0.39, 0.29) is 17.5 Å². The number of ether oxygens (including phenoxy) is 1. The van der Waals surface area contributed by atoms with Gasteiger partial charge in [0, 0.05) is 30.9 Å². The zero-order chi connectivity index (χ0) is 20.9. The second-order valence-electron chi connectivity index (χ2n) is 8.43. The van der Waals surface area contributed by atoms with Gasteiger partial charge in [0.25, 0.3) is 0 Å². The number of carbonyl (C=O) groups is 2. The SMILES string of the molecule is CC(C)(C)NC(=O)N1Cc2ccccc2C[C@H]1C(=O)OCCCc1cccnc1. The predicted octanol–water partition coefficient (Wildman–Crippen LogP) is 3.49. The summed E-state index contributed by atoms with van der Waals surface area (Å²) in [6.07, 6.45) is 5.53. The fraction of sp³-hybridized carbons (Fsp3) is 0.435. The smallest absolute Gasteiger partial charge is 0.329 e. The first-order chi connectivity index (χ1) is 13.8. The number of benzene rings is 1. The van der Waals surface area contributed by atoms with E-state index in [1.54, 1.807) is 11.1 Å². The van der Waals surface area contributed by atoms with Gasteiger partial charge >= 0.3 is 12.0 Å². The van der Waals surface area contributed by atoms with Crippen LogP contribution in [0.2, 0.25) is 0 Å². The monoisotopic (exact) mass is 395 g/mol. The van der Waals surface area contributed by atoms with E-state index in [0.29, 0.717) is 19.6 Å². The van der Waals surface area contributed by atoms with E-state index in [1.807, 2.05) is 63.4 Å². The zero-order valence-corrected chi connectivity index (χ0v) is 17.4. The highest BCUT2D eigenvalue weighted by Gasteiger charge is 2.36. The molecule has 0 fully saturated rings. The summed E-state index contributed by atoms with van der Waals surface area (Å²) in [4.78, 5) is 31.4. The molecule has 0 bridgehead atoms. The molecule has 6 heteroatoms. The van der Waals surface area contributed by atoms with Crippen LogP contribution in [0.25, 0.3) is 0 Å². The number of rotatable bonds is 5. The average molecular weight is 396 g/mol. The molecule has 29 heavy (non-hydrogen) atoms. The molecule has 1 atom stereocenters. The van der Waals surface area contributed by atoms with Crippen LogP contribution in [-0.2, 0) is 28.9 Å². The Labute approximate surface area is 172 Å². The molecule has 1 aliphatic heterocycles. The number of aryl methyl sites for hydroxylation is 1. The Morgan fingerprint density at radius 3 is 2.62 bits per heavy atom. The molecule has 0 spiro atoms. The number of nitrogens with one attached hydrogen (secondary N) is 1. The molecule has 1 aromatic heterocycles. The maximum atomic E-state index is 12.9. The third-order valence-corrected chi connectivity index (χ3v) is 4.84. The van der Waals surface area contributed by atoms with Crippen molar-refractivity contribution in [2.75, 3.05) is 6.61 Å². The number of hydrogen-bond donors (Lipinski definition) is 1. The van der Waals surface area contributed by atoms with Crippen LogP contribution in [0, 0.1) is 0 Å². The number of urea groups is 1. The molecular weight excluding hydrogens is 366 g/mol. The minimum Gasteiger partial charge on any atom is -0.464 e. The van der Waals surface area contributed by atoms with Gasteiger partial charge in [0.2, 0.25) is 0 Å². The standard InChI is InChI=1S/C23H29N3O3/c1-23(2,3)25-22(28)26-16-19-11-5-4-10-18(19)14-20(26)21(27)29-13-7-9-17-8-6-12-24-15-17/h4-6,8,10-12,15,20H,7,9,13-14,16H2,1-3H3,(H,25,28)/t20-/m0/s1. The molecule has 1 aliphatic rings. The number of fused-ring (bicyclic) bond motifs is 1. The predicted molar refractivity (Wildman–Crippen MR) is 111 cm³/mol. The Bertz CT molecular complexity index is 846. The lowest BCUT2D eigenvalue weighted by Crippen LogP contribution is -2.56. The van der Waals surface area contributed by atoms with Crippen LogP contribution in [-0.4, -0.2) is 40.1 Å². The van der Waals surface area contributed by atoms with E-state index in [2.05, 4.69) is 10.3 Å². The molecule has 6 nitrogen and oxygen atoms in total. The van der Waals surface area contributed by atoms with Gasteiger partial charge in [-0.15, -0.1) is 0 Å². The van der Waals surface area contributed by atoms with Crippen molar-refractivity contribution in [3.05, 3.63) is 65.5 Å². The second kappa shape index (κ2) is 9.07. The van der Waals surface area contributed by atoms with Gasteiger partial charge in [-0.25, -0.2) is 9.59 Å². The minimum atomic E-state index is -0.620. The summed E-state index contributed by atoms with van der Waals surface area (Å²) in [6, 6.07) is 11.0. The molecule has 0 aliphatic carbocycles. The summed E-state index contributed by atoms with van der Waals surface area (Å²) in [5, 5.41) is 2.97. The van der Waals surface area contributed by atoms with Crippen molar-refractivity contribution in [3.8, 4) is 0 Å². The van der Waals surface area contributed by atoms with Crippen LogP contribution in [0.1, 0.15) is 43.9 Å². The van der Waals surface area contributed by atoms with E-state index in [0.717, 1.165) is 29.5 Å². The van der Waals surface area contributed by atoms with Crippen molar-refractivity contribution >= 4 is 12.0 Å². The highest BCUT2D eigenvalue weighted by molar-refractivity contribution is 5.85. The van der Waals surface area contributed by atoms with Gasteiger partial charge in [-0.2, -0.15) is 0 Å². The van der Waals surface area contributed by atoms with Crippen LogP contribution in [0.5, 0.6) is 0 Å². The molecule has 2 heterocycles. The minimum absolute atomic E-state index is 0.246. The topological polar surface area (TPSA) is 71.5 Å². The van der Waals surface area contributed by atoms with E-state index < -0.39 is 6.04 Å². The molecule has 2 aromatic rings. The molecule has 3 rings (SSSR count). The molecule has 0 unspecified atom stereocenters. The van der Waals surface area contributed by atoms with E-state index in [1.165, 1.54) is 0 Å². The van der Waals surface area contributed by atoms with Crippen molar-refractivity contribution in [2.24, 2.45) is 0 Å². The molecule has 1 N–H and O–H groups in total. The summed E-state index contributed by atoms with van der Waals surface area (Å²) >= 11 is 0. The van der Waals surface area contributed by atoms with Gasteiger partial charge in [0.1, 0.15) is 6.04 Å². The number of pyridine rings is 1. The molecular formula is C23H29N3O3. The van der Waals surface area contributed by atoms with Crippen molar-refractivity contribution in [1.29, 1.82) is 0 Å². The van der Waals surface area contributed by atoms with Crippen molar-refractivity contribution in [2.45, 2.75) is 58.2 Å². The Balaban J connectivity index is 1.64. The lowest BCUT2D eigenvalue weighted by Gasteiger charge is -2.37. The number of carbonyl (C=O) groups excluding carboxylic acids is 2. The van der Waals surface area contributed by atoms with E-state index in [4.69, 9.17) is 4.74 Å². The third kappa shape index (κ3) is 5.79. The van der Waals surface area contributed by atoms with Gasteiger partial charge in [-0.3, -0.25) is 4.98 Å². The summed E-state index contributed by atoms with van der Waals surface area (Å²) in [5.41, 5.74) is 2.88. The fourth-order valence-corrected chi connectivity index (χ4v) is 3.43.